The van der Waals surface area contributed by atoms with Crippen molar-refractivity contribution in [2.24, 2.45) is 0 Å². The Hall–Kier alpha value is -1.75. The average molecular weight is 360 g/mol. The molecule has 2 aliphatic rings. The molecule has 0 bridgehead atoms. The normalized spacial score (nSPS) is 19.7. The molecule has 5 heteroatoms. The molecule has 0 aromatic heterocycles. The Kier molecular flexibility index (Phi) is 6.41. The largest absolute Gasteiger partial charge is 0.478 e. The molecule has 0 spiro atoms. The molecule has 0 atom stereocenters. The van der Waals surface area contributed by atoms with Crippen molar-refractivity contribution in [2.75, 3.05) is 18.0 Å². The van der Waals surface area contributed by atoms with Gasteiger partial charge in [0, 0.05) is 18.6 Å². The van der Waals surface area contributed by atoms with Gasteiger partial charge >= 0.3 is 5.97 Å². The van der Waals surface area contributed by atoms with E-state index in [1.165, 1.54) is 64.2 Å². The zero-order chi connectivity index (χ0) is 18.5. The molecule has 26 heavy (non-hydrogen) atoms. The van der Waals surface area contributed by atoms with Crippen molar-refractivity contribution in [2.45, 2.75) is 82.7 Å². The molecule has 2 aliphatic carbocycles. The van der Waals surface area contributed by atoms with Gasteiger partial charge in [-0.05, 0) is 43.7 Å². The zero-order valence-corrected chi connectivity index (χ0v) is 15.8. The minimum absolute atomic E-state index is 0.0997. The third-order valence-corrected chi connectivity index (χ3v) is 6.33. The van der Waals surface area contributed by atoms with Crippen LogP contribution in [0.1, 0.15) is 80.1 Å². The number of benzene rings is 1. The summed E-state index contributed by atoms with van der Waals surface area (Å²) in [5.74, 6) is -1.02. The van der Waals surface area contributed by atoms with Crippen LogP contribution in [0, 0.1) is 0 Å². The standard InChI is InChI=1S/C21H33N3O2/c22-19-15(11-12-18(20(19)23)21(25)26)13-14-24(16-7-3-1-4-8-16)17-9-5-2-6-10-17/h11-12,16-17H,1-10,13-14,22-23H2,(H,25,26). The molecule has 0 saturated heterocycles. The highest BCUT2D eigenvalue weighted by atomic mass is 16.4. The quantitative estimate of drug-likeness (QED) is 0.666. The van der Waals surface area contributed by atoms with Gasteiger partial charge in [-0.3, -0.25) is 4.90 Å². The molecule has 1 aromatic rings. The number of anilines is 2. The molecule has 1 aromatic carbocycles. The van der Waals surface area contributed by atoms with Crippen molar-refractivity contribution in [3.63, 3.8) is 0 Å². The number of hydrogen-bond acceptors (Lipinski definition) is 4. The zero-order valence-electron chi connectivity index (χ0n) is 15.8. The van der Waals surface area contributed by atoms with Crippen LogP contribution in [0.5, 0.6) is 0 Å². The maximum absolute atomic E-state index is 11.2. The molecule has 144 valence electrons. The molecule has 2 saturated carbocycles. The van der Waals surface area contributed by atoms with Gasteiger partial charge < -0.3 is 16.6 Å². The summed E-state index contributed by atoms with van der Waals surface area (Å²) < 4.78 is 0. The van der Waals surface area contributed by atoms with Crippen LogP contribution in [-0.4, -0.2) is 34.6 Å². The molecular weight excluding hydrogens is 326 g/mol. The molecule has 5 nitrogen and oxygen atoms in total. The van der Waals surface area contributed by atoms with Crippen LogP contribution >= 0.6 is 0 Å². The number of aromatic carboxylic acids is 1. The Morgan fingerprint density at radius 1 is 0.923 bits per heavy atom. The second-order valence-electron chi connectivity index (χ2n) is 7.98. The summed E-state index contributed by atoms with van der Waals surface area (Å²) in [5.41, 5.74) is 13.8. The first-order chi connectivity index (χ1) is 12.6. The second-order valence-corrected chi connectivity index (χ2v) is 7.98. The van der Waals surface area contributed by atoms with Gasteiger partial charge in [0.05, 0.1) is 16.9 Å². The fourth-order valence-corrected chi connectivity index (χ4v) is 4.82. The minimum atomic E-state index is -1.02. The number of nitrogens with zero attached hydrogens (tertiary/aromatic N) is 1. The third kappa shape index (κ3) is 4.32. The van der Waals surface area contributed by atoms with Crippen molar-refractivity contribution in [1.82, 2.24) is 4.90 Å². The van der Waals surface area contributed by atoms with Crippen LogP contribution in [0.2, 0.25) is 0 Å². The number of nitrogens with two attached hydrogens (primary N) is 2. The predicted octanol–water partition coefficient (Wildman–Crippen LogP) is 4.06. The second kappa shape index (κ2) is 8.76. The topological polar surface area (TPSA) is 92.6 Å². The molecule has 3 rings (SSSR count). The summed E-state index contributed by atoms with van der Waals surface area (Å²) in [4.78, 5) is 14.0. The summed E-state index contributed by atoms with van der Waals surface area (Å²) in [5, 5.41) is 9.20. The maximum atomic E-state index is 11.2. The van der Waals surface area contributed by atoms with Crippen LogP contribution in [0.3, 0.4) is 0 Å². The fourth-order valence-electron chi connectivity index (χ4n) is 4.82. The minimum Gasteiger partial charge on any atom is -0.478 e. The van der Waals surface area contributed by atoms with E-state index < -0.39 is 5.97 Å². The van der Waals surface area contributed by atoms with E-state index in [1.807, 2.05) is 6.07 Å². The van der Waals surface area contributed by atoms with E-state index >= 15 is 0 Å². The summed E-state index contributed by atoms with van der Waals surface area (Å²) in [6.45, 7) is 0.991. The van der Waals surface area contributed by atoms with Crippen LogP contribution in [0.4, 0.5) is 11.4 Å². The molecule has 0 unspecified atom stereocenters. The van der Waals surface area contributed by atoms with Gasteiger partial charge in [-0.2, -0.15) is 0 Å². The lowest BCUT2D eigenvalue weighted by molar-refractivity contribution is 0.0698. The number of hydrogen-bond donors (Lipinski definition) is 3. The summed E-state index contributed by atoms with van der Waals surface area (Å²) in [7, 11) is 0. The monoisotopic (exact) mass is 359 g/mol. The van der Waals surface area contributed by atoms with E-state index in [2.05, 4.69) is 4.90 Å². The molecule has 5 N–H and O–H groups in total. The number of carbonyl (C=O) groups is 1. The van der Waals surface area contributed by atoms with Crippen LogP contribution in [0.15, 0.2) is 12.1 Å². The van der Waals surface area contributed by atoms with E-state index in [4.69, 9.17) is 11.5 Å². The molecule has 0 aliphatic heterocycles. The van der Waals surface area contributed by atoms with Crippen LogP contribution in [0.25, 0.3) is 0 Å². The van der Waals surface area contributed by atoms with Gasteiger partial charge in [0.1, 0.15) is 0 Å². The summed E-state index contributed by atoms with van der Waals surface area (Å²) >= 11 is 0. The highest BCUT2D eigenvalue weighted by Crippen LogP contribution is 2.31. The highest BCUT2D eigenvalue weighted by molar-refractivity contribution is 5.97. The van der Waals surface area contributed by atoms with Gasteiger partial charge in [-0.1, -0.05) is 44.6 Å². The molecule has 0 heterocycles. The van der Waals surface area contributed by atoms with E-state index in [0.29, 0.717) is 17.8 Å². The van der Waals surface area contributed by atoms with Gasteiger partial charge in [0.25, 0.3) is 0 Å². The average Bonchev–Trinajstić information content (AvgIpc) is 2.66. The summed E-state index contributed by atoms with van der Waals surface area (Å²) in [6.07, 6.45) is 14.2. The first-order valence-corrected chi connectivity index (χ1v) is 10.2. The molecule has 0 amide bonds. The summed E-state index contributed by atoms with van der Waals surface area (Å²) in [6, 6.07) is 4.83. The lowest BCUT2D eigenvalue weighted by Crippen LogP contribution is -2.46. The molecular formula is C21H33N3O2. The Morgan fingerprint density at radius 2 is 1.46 bits per heavy atom. The van der Waals surface area contributed by atoms with Crippen LogP contribution < -0.4 is 11.5 Å². The van der Waals surface area contributed by atoms with Crippen molar-refractivity contribution in [3.05, 3.63) is 23.3 Å². The molecule has 2 fully saturated rings. The predicted molar refractivity (Wildman–Crippen MR) is 106 cm³/mol. The maximum Gasteiger partial charge on any atom is 0.337 e. The molecule has 0 radical (unpaired) electrons. The lowest BCUT2D eigenvalue weighted by Gasteiger charge is -2.42. The van der Waals surface area contributed by atoms with Crippen molar-refractivity contribution in [3.8, 4) is 0 Å². The van der Waals surface area contributed by atoms with Crippen LogP contribution in [-0.2, 0) is 6.42 Å². The fraction of sp³-hybridized carbons (Fsp3) is 0.667. The lowest BCUT2D eigenvalue weighted by atomic mass is 9.88. The van der Waals surface area contributed by atoms with Gasteiger partial charge in [-0.15, -0.1) is 0 Å². The third-order valence-electron chi connectivity index (χ3n) is 6.33. The van der Waals surface area contributed by atoms with Crippen molar-refractivity contribution in [1.29, 1.82) is 0 Å². The van der Waals surface area contributed by atoms with E-state index in [-0.39, 0.29) is 11.3 Å². The first kappa shape index (κ1) is 19.0. The number of carboxylic acids is 1. The number of carboxylic acid groups (broad SMARTS) is 1. The Labute approximate surface area is 156 Å². The highest BCUT2D eigenvalue weighted by Gasteiger charge is 2.28. The van der Waals surface area contributed by atoms with Gasteiger partial charge in [0.15, 0.2) is 0 Å². The SMILES string of the molecule is Nc1c(CCN(C2CCCCC2)C2CCCCC2)ccc(C(=O)O)c1N. The van der Waals surface area contributed by atoms with Crippen molar-refractivity contribution >= 4 is 17.3 Å². The number of rotatable bonds is 6. The van der Waals surface area contributed by atoms with Gasteiger partial charge in [-0.25, -0.2) is 4.79 Å². The Balaban J connectivity index is 1.72. The van der Waals surface area contributed by atoms with Crippen molar-refractivity contribution < 1.29 is 9.90 Å². The van der Waals surface area contributed by atoms with E-state index in [1.54, 1.807) is 6.07 Å². The Bertz CT molecular complexity index is 602. The Morgan fingerprint density at radius 3 is 1.96 bits per heavy atom. The van der Waals surface area contributed by atoms with E-state index in [0.717, 1.165) is 18.5 Å². The smallest absolute Gasteiger partial charge is 0.337 e. The van der Waals surface area contributed by atoms with E-state index in [9.17, 15) is 9.90 Å². The number of nitrogen functional groups attached to an aromatic ring is 2. The first-order valence-electron chi connectivity index (χ1n) is 10.2. The van der Waals surface area contributed by atoms with Gasteiger partial charge in [0.2, 0.25) is 0 Å².